The molecule has 1 amide bonds. The fraction of sp³-hybridized carbons (Fsp3) is 0.381. The van der Waals surface area contributed by atoms with Gasteiger partial charge < -0.3 is 4.57 Å². The zero-order chi connectivity index (χ0) is 24.8. The zero-order valence-corrected chi connectivity index (χ0v) is 17.9. The normalized spacial score (nSPS) is 14.4. The first-order chi connectivity index (χ1) is 15.8. The molecule has 34 heavy (non-hydrogen) atoms. The first-order valence-corrected chi connectivity index (χ1v) is 10.1. The van der Waals surface area contributed by atoms with E-state index in [-0.39, 0.29) is 28.9 Å². The van der Waals surface area contributed by atoms with E-state index in [2.05, 4.69) is 20.2 Å². The molecule has 0 radical (unpaired) electrons. The van der Waals surface area contributed by atoms with E-state index in [4.69, 9.17) is 0 Å². The lowest BCUT2D eigenvalue weighted by molar-refractivity contribution is -0.137. The number of rotatable bonds is 5. The topological polar surface area (TPSA) is 76.8 Å². The van der Waals surface area contributed by atoms with Gasteiger partial charge in [0.2, 0.25) is 5.91 Å². The quantitative estimate of drug-likeness (QED) is 0.496. The summed E-state index contributed by atoms with van der Waals surface area (Å²) in [6.07, 6.45) is -7.19. The minimum atomic E-state index is -4.63. The summed E-state index contributed by atoms with van der Waals surface area (Å²) >= 11 is 0. The van der Waals surface area contributed by atoms with Crippen molar-refractivity contribution >= 4 is 11.7 Å². The van der Waals surface area contributed by atoms with Gasteiger partial charge in [0.15, 0.2) is 11.6 Å². The maximum atomic E-state index is 13.2. The molecule has 0 N–H and O–H groups in total. The van der Waals surface area contributed by atoms with Gasteiger partial charge in [-0.05, 0) is 43.5 Å². The van der Waals surface area contributed by atoms with Crippen LogP contribution in [0.2, 0.25) is 0 Å². The van der Waals surface area contributed by atoms with Gasteiger partial charge in [0.05, 0.1) is 5.56 Å². The molecule has 0 unspecified atom stereocenters. The van der Waals surface area contributed by atoms with Crippen LogP contribution in [0.3, 0.4) is 0 Å². The maximum Gasteiger partial charge on any atom is 0.416 e. The summed E-state index contributed by atoms with van der Waals surface area (Å²) in [4.78, 5) is 21.3. The van der Waals surface area contributed by atoms with E-state index in [1.54, 1.807) is 6.92 Å². The molecule has 13 heteroatoms. The molecule has 0 bridgehead atoms. The van der Waals surface area contributed by atoms with Crippen LogP contribution in [0, 0.1) is 12.8 Å². The minimum absolute atomic E-state index is 0.00825. The summed E-state index contributed by atoms with van der Waals surface area (Å²) < 4.78 is 80.1. The Bertz CT molecular complexity index is 1230. The Kier molecular flexibility index (Phi) is 5.82. The van der Waals surface area contributed by atoms with Gasteiger partial charge in [-0.25, -0.2) is 4.98 Å². The molecule has 3 aromatic heterocycles. The van der Waals surface area contributed by atoms with Crippen molar-refractivity contribution < 1.29 is 31.1 Å². The lowest BCUT2D eigenvalue weighted by Gasteiger charge is -2.24. The van der Waals surface area contributed by atoms with Crippen LogP contribution >= 0.6 is 0 Å². The molecule has 0 aliphatic heterocycles. The molecule has 180 valence electrons. The Labute approximate surface area is 189 Å². The van der Waals surface area contributed by atoms with Crippen LogP contribution in [-0.2, 0) is 18.0 Å². The van der Waals surface area contributed by atoms with Gasteiger partial charge in [-0.15, -0.1) is 10.2 Å². The highest BCUT2D eigenvalue weighted by Gasteiger charge is 2.40. The Hall–Kier alpha value is -3.51. The van der Waals surface area contributed by atoms with E-state index in [0.29, 0.717) is 23.3 Å². The summed E-state index contributed by atoms with van der Waals surface area (Å²) in [5, 5.41) is 7.90. The Morgan fingerprint density at radius 1 is 1.09 bits per heavy atom. The van der Waals surface area contributed by atoms with Crippen molar-refractivity contribution in [3.8, 4) is 23.0 Å². The van der Waals surface area contributed by atoms with Crippen LogP contribution in [0.4, 0.5) is 32.2 Å². The van der Waals surface area contributed by atoms with Crippen molar-refractivity contribution in [2.75, 3.05) is 11.4 Å². The Balaban J connectivity index is 1.74. The fourth-order valence-electron chi connectivity index (χ4n) is 3.38. The van der Waals surface area contributed by atoms with E-state index in [9.17, 15) is 31.1 Å². The molecule has 0 atom stereocenters. The summed E-state index contributed by atoms with van der Waals surface area (Å²) in [6, 6.07) is 4.46. The van der Waals surface area contributed by atoms with Crippen molar-refractivity contribution in [2.45, 2.75) is 32.1 Å². The first-order valence-electron chi connectivity index (χ1n) is 10.1. The van der Waals surface area contributed by atoms with E-state index in [0.717, 1.165) is 18.3 Å². The van der Waals surface area contributed by atoms with Crippen LogP contribution in [0.5, 0.6) is 0 Å². The van der Waals surface area contributed by atoms with Crippen molar-refractivity contribution in [1.29, 1.82) is 0 Å². The van der Waals surface area contributed by atoms with E-state index in [1.807, 2.05) is 0 Å². The molecule has 1 aliphatic carbocycles. The molecule has 7 nitrogen and oxygen atoms in total. The van der Waals surface area contributed by atoms with Crippen molar-refractivity contribution in [1.82, 2.24) is 24.7 Å². The van der Waals surface area contributed by atoms with E-state index >= 15 is 0 Å². The van der Waals surface area contributed by atoms with Gasteiger partial charge in [-0.1, -0.05) is 6.07 Å². The van der Waals surface area contributed by atoms with Crippen LogP contribution in [-0.4, -0.2) is 43.4 Å². The lowest BCUT2D eigenvalue weighted by atomic mass is 10.2. The monoisotopic (exact) mass is 484 g/mol. The van der Waals surface area contributed by atoms with Crippen molar-refractivity contribution in [3.05, 3.63) is 41.6 Å². The number of carbonyl (C=O) groups excluding carboxylic acids is 1. The van der Waals surface area contributed by atoms with Crippen LogP contribution in [0.15, 0.2) is 30.5 Å². The number of aromatic nitrogens is 5. The molecule has 1 saturated carbocycles. The van der Waals surface area contributed by atoms with Gasteiger partial charge in [0.25, 0.3) is 0 Å². The number of pyridine rings is 2. The number of hydrogen-bond acceptors (Lipinski definition) is 5. The average molecular weight is 484 g/mol. The number of alkyl halides is 6. The Morgan fingerprint density at radius 3 is 2.38 bits per heavy atom. The van der Waals surface area contributed by atoms with Gasteiger partial charge in [0.1, 0.15) is 23.8 Å². The van der Waals surface area contributed by atoms with Gasteiger partial charge >= 0.3 is 12.4 Å². The predicted molar refractivity (Wildman–Crippen MR) is 108 cm³/mol. The number of anilines is 1. The molecule has 0 saturated heterocycles. The summed E-state index contributed by atoms with van der Waals surface area (Å²) in [6.45, 7) is 0.149. The molecular weight excluding hydrogens is 466 g/mol. The minimum Gasteiger partial charge on any atom is -0.308 e. The van der Waals surface area contributed by atoms with Crippen molar-refractivity contribution in [3.63, 3.8) is 0 Å². The zero-order valence-electron chi connectivity index (χ0n) is 17.9. The molecule has 4 rings (SSSR count). The second kappa shape index (κ2) is 8.37. The molecule has 1 fully saturated rings. The SMILES string of the molecule is Cc1ccc(N(CC(F)(F)F)C(=O)C2CC2)nc1-c1nnc(-c2cc(C(F)(F)F)ccn2)n1C. The third-order valence-corrected chi connectivity index (χ3v) is 5.29. The number of carbonyl (C=O) groups is 1. The van der Waals surface area contributed by atoms with Crippen LogP contribution < -0.4 is 4.90 Å². The predicted octanol–water partition coefficient (Wildman–Crippen LogP) is 4.57. The third-order valence-electron chi connectivity index (χ3n) is 5.29. The summed E-state index contributed by atoms with van der Waals surface area (Å²) in [7, 11) is 1.48. The molecule has 3 heterocycles. The molecule has 1 aliphatic rings. The average Bonchev–Trinajstić information content (AvgIpc) is 3.53. The number of nitrogens with zero attached hydrogens (tertiary/aromatic N) is 6. The van der Waals surface area contributed by atoms with Crippen LogP contribution in [0.1, 0.15) is 24.0 Å². The highest BCUT2D eigenvalue weighted by molar-refractivity contribution is 5.96. The third kappa shape index (κ3) is 4.87. The molecule has 3 aromatic rings. The standard InChI is InChI=1S/C21H18F6N6O/c1-11-3-6-15(33(10-20(22,23)24)19(34)12-4-5-12)29-16(11)18-31-30-17(32(18)2)14-9-13(7-8-28-14)21(25,26)27/h3,6-9,12H,4-5,10H2,1-2H3. The molecule has 0 spiro atoms. The highest BCUT2D eigenvalue weighted by Crippen LogP contribution is 2.35. The number of hydrogen-bond donors (Lipinski definition) is 0. The fourth-order valence-corrected chi connectivity index (χ4v) is 3.38. The number of amides is 1. The van der Waals surface area contributed by atoms with Crippen molar-refractivity contribution in [2.24, 2.45) is 13.0 Å². The van der Waals surface area contributed by atoms with E-state index < -0.39 is 36.3 Å². The number of halogens is 6. The maximum absolute atomic E-state index is 13.2. The second-order valence-corrected chi connectivity index (χ2v) is 7.98. The van der Waals surface area contributed by atoms with Gasteiger partial charge in [0, 0.05) is 19.2 Å². The highest BCUT2D eigenvalue weighted by atomic mass is 19.4. The largest absolute Gasteiger partial charge is 0.416 e. The summed E-state index contributed by atoms with van der Waals surface area (Å²) in [5.41, 5.74) is -0.345. The van der Waals surface area contributed by atoms with Gasteiger partial charge in [-0.3, -0.25) is 14.7 Å². The Morgan fingerprint density at radius 2 is 1.76 bits per heavy atom. The van der Waals surface area contributed by atoms with E-state index in [1.165, 1.54) is 23.7 Å². The molecular formula is C21H18F6N6O. The second-order valence-electron chi connectivity index (χ2n) is 7.98. The summed E-state index contributed by atoms with van der Waals surface area (Å²) in [5.74, 6) is -1.22. The molecule has 0 aromatic carbocycles. The smallest absolute Gasteiger partial charge is 0.308 e. The first kappa shape index (κ1) is 23.6. The van der Waals surface area contributed by atoms with Gasteiger partial charge in [-0.2, -0.15) is 26.3 Å². The lowest BCUT2D eigenvalue weighted by Crippen LogP contribution is -2.40. The number of aryl methyl sites for hydroxylation is 1. The van der Waals surface area contributed by atoms with Crippen LogP contribution in [0.25, 0.3) is 23.0 Å².